The second-order valence-corrected chi connectivity index (χ2v) is 5.96. The third kappa shape index (κ3) is 3.26. The van der Waals surface area contributed by atoms with Gasteiger partial charge in [0.2, 0.25) is 0 Å². The lowest BCUT2D eigenvalue weighted by molar-refractivity contribution is 0.171. The molecule has 0 unspecified atom stereocenters. The van der Waals surface area contributed by atoms with Gasteiger partial charge in [-0.15, -0.1) is 0 Å². The maximum Gasteiger partial charge on any atom is 0.161 e. The summed E-state index contributed by atoms with van der Waals surface area (Å²) in [5.74, 6) is 2.56. The molecule has 2 heterocycles. The van der Waals surface area contributed by atoms with Gasteiger partial charge in [0.15, 0.2) is 11.5 Å². The van der Waals surface area contributed by atoms with Crippen molar-refractivity contribution in [1.82, 2.24) is 4.90 Å². The van der Waals surface area contributed by atoms with Gasteiger partial charge in [-0.3, -0.25) is 0 Å². The average Bonchev–Trinajstić information content (AvgIpc) is 2.99. The molecular weight excluding hydrogens is 250 g/mol. The van der Waals surface area contributed by atoms with Gasteiger partial charge in [0.05, 0.1) is 0 Å². The highest BCUT2D eigenvalue weighted by Crippen LogP contribution is 2.31. The number of ether oxygens (including phenoxy) is 2. The molecule has 1 saturated heterocycles. The van der Waals surface area contributed by atoms with Gasteiger partial charge >= 0.3 is 0 Å². The van der Waals surface area contributed by atoms with Crippen LogP contribution in [0.4, 0.5) is 0 Å². The van der Waals surface area contributed by atoms with Gasteiger partial charge in [0.25, 0.3) is 0 Å². The van der Waals surface area contributed by atoms with E-state index in [1.165, 1.54) is 44.5 Å². The van der Waals surface area contributed by atoms with Gasteiger partial charge in [-0.05, 0) is 56.0 Å². The minimum absolute atomic E-state index is 0.666. The van der Waals surface area contributed by atoms with Gasteiger partial charge in [0, 0.05) is 6.54 Å². The normalized spacial score (nSPS) is 20.1. The van der Waals surface area contributed by atoms with E-state index in [-0.39, 0.29) is 0 Å². The summed E-state index contributed by atoms with van der Waals surface area (Å²) in [6, 6.07) is 6.42. The molecule has 0 saturated carbocycles. The van der Waals surface area contributed by atoms with E-state index < -0.39 is 0 Å². The number of likely N-dealkylation sites (tertiary alicyclic amines) is 1. The fourth-order valence-corrected chi connectivity index (χ4v) is 3.22. The first-order chi connectivity index (χ1) is 9.85. The molecule has 20 heavy (non-hydrogen) atoms. The van der Waals surface area contributed by atoms with Crippen molar-refractivity contribution in [2.45, 2.75) is 32.6 Å². The zero-order valence-electron chi connectivity index (χ0n) is 12.4. The minimum Gasteiger partial charge on any atom is -0.486 e. The molecule has 110 valence electrons. The van der Waals surface area contributed by atoms with Gasteiger partial charge in [-0.1, -0.05) is 19.4 Å². The number of hydrogen-bond acceptors (Lipinski definition) is 3. The number of hydrogen-bond donors (Lipinski definition) is 0. The third-order valence-electron chi connectivity index (χ3n) is 4.42. The quantitative estimate of drug-likeness (QED) is 0.824. The number of nitrogens with zero attached hydrogens (tertiary/aromatic N) is 1. The molecule has 0 aliphatic carbocycles. The highest BCUT2D eigenvalue weighted by molar-refractivity contribution is 5.43. The highest BCUT2D eigenvalue weighted by atomic mass is 16.6. The Bertz CT molecular complexity index is 441. The van der Waals surface area contributed by atoms with Crippen molar-refractivity contribution < 1.29 is 9.47 Å². The van der Waals surface area contributed by atoms with Crippen molar-refractivity contribution in [3.05, 3.63) is 23.8 Å². The van der Waals surface area contributed by atoms with Gasteiger partial charge in [0.1, 0.15) is 13.2 Å². The fraction of sp³-hybridized carbons (Fsp3) is 0.647. The molecule has 0 radical (unpaired) electrons. The number of fused-ring (bicyclic) bond motifs is 1. The Balaban J connectivity index is 1.62. The average molecular weight is 275 g/mol. The van der Waals surface area contributed by atoms with E-state index in [4.69, 9.17) is 9.47 Å². The van der Waals surface area contributed by atoms with Gasteiger partial charge < -0.3 is 14.4 Å². The molecular formula is C17H25NO2. The maximum absolute atomic E-state index is 5.68. The van der Waals surface area contributed by atoms with E-state index in [2.05, 4.69) is 30.0 Å². The molecule has 1 atom stereocenters. The Morgan fingerprint density at radius 2 is 1.85 bits per heavy atom. The van der Waals surface area contributed by atoms with Crippen molar-refractivity contribution in [2.75, 3.05) is 32.8 Å². The standard InChI is InChI=1S/C17H25NO2/c1-2-14(13-18-7-3-4-8-18)11-15-5-6-16-17(12-15)20-10-9-19-16/h5-6,12,14H,2-4,7-11,13H2,1H3/t14-/m0/s1. The van der Waals surface area contributed by atoms with Crippen LogP contribution in [0.3, 0.4) is 0 Å². The van der Waals surface area contributed by atoms with Gasteiger partial charge in [-0.2, -0.15) is 0 Å². The van der Waals surface area contributed by atoms with E-state index in [1.54, 1.807) is 0 Å². The van der Waals surface area contributed by atoms with Crippen LogP contribution in [-0.4, -0.2) is 37.7 Å². The monoisotopic (exact) mass is 275 g/mol. The first-order valence-electron chi connectivity index (χ1n) is 7.96. The molecule has 3 rings (SSSR count). The molecule has 0 amide bonds. The van der Waals surface area contributed by atoms with Crippen molar-refractivity contribution >= 4 is 0 Å². The molecule has 0 spiro atoms. The Morgan fingerprint density at radius 3 is 2.60 bits per heavy atom. The molecule has 1 fully saturated rings. The van der Waals surface area contributed by atoms with Crippen LogP contribution in [-0.2, 0) is 6.42 Å². The van der Waals surface area contributed by atoms with Crippen molar-refractivity contribution in [3.63, 3.8) is 0 Å². The summed E-state index contributed by atoms with van der Waals surface area (Å²) in [4.78, 5) is 2.62. The molecule has 3 nitrogen and oxygen atoms in total. The lowest BCUT2D eigenvalue weighted by Gasteiger charge is -2.23. The SMILES string of the molecule is CC[C@@H](Cc1ccc2c(c1)OCCO2)CN1CCCC1. The highest BCUT2D eigenvalue weighted by Gasteiger charge is 2.18. The van der Waals surface area contributed by atoms with Crippen LogP contribution in [0.1, 0.15) is 31.7 Å². The van der Waals surface area contributed by atoms with Crippen LogP contribution in [0.25, 0.3) is 0 Å². The molecule has 3 heteroatoms. The summed E-state index contributed by atoms with van der Waals surface area (Å²) in [7, 11) is 0. The van der Waals surface area contributed by atoms with Crippen LogP contribution in [0.2, 0.25) is 0 Å². The van der Waals surface area contributed by atoms with E-state index >= 15 is 0 Å². The fourth-order valence-electron chi connectivity index (χ4n) is 3.22. The lowest BCUT2D eigenvalue weighted by Crippen LogP contribution is -2.27. The Morgan fingerprint density at radius 1 is 1.10 bits per heavy atom. The molecule has 1 aromatic rings. The maximum atomic E-state index is 5.68. The largest absolute Gasteiger partial charge is 0.486 e. The zero-order chi connectivity index (χ0) is 13.8. The smallest absolute Gasteiger partial charge is 0.161 e. The summed E-state index contributed by atoms with van der Waals surface area (Å²) < 4.78 is 11.3. The lowest BCUT2D eigenvalue weighted by atomic mass is 9.96. The zero-order valence-corrected chi connectivity index (χ0v) is 12.4. The third-order valence-corrected chi connectivity index (χ3v) is 4.42. The minimum atomic E-state index is 0.666. The predicted octanol–water partition coefficient (Wildman–Crippen LogP) is 3.12. The van der Waals surface area contributed by atoms with Crippen molar-refractivity contribution in [3.8, 4) is 11.5 Å². The van der Waals surface area contributed by atoms with E-state index in [9.17, 15) is 0 Å². The second kappa shape index (κ2) is 6.49. The van der Waals surface area contributed by atoms with E-state index in [0.29, 0.717) is 13.2 Å². The number of benzene rings is 1. The van der Waals surface area contributed by atoms with Crippen LogP contribution in [0.5, 0.6) is 11.5 Å². The van der Waals surface area contributed by atoms with Crippen LogP contribution in [0, 0.1) is 5.92 Å². The molecule has 1 aromatic carbocycles. The van der Waals surface area contributed by atoms with Crippen molar-refractivity contribution in [2.24, 2.45) is 5.92 Å². The summed E-state index contributed by atoms with van der Waals surface area (Å²) in [5.41, 5.74) is 1.38. The summed E-state index contributed by atoms with van der Waals surface area (Å²) in [6.07, 6.45) is 5.13. The topological polar surface area (TPSA) is 21.7 Å². The summed E-state index contributed by atoms with van der Waals surface area (Å²) >= 11 is 0. The van der Waals surface area contributed by atoms with E-state index in [0.717, 1.165) is 23.8 Å². The summed E-state index contributed by atoms with van der Waals surface area (Å²) in [5, 5.41) is 0. The van der Waals surface area contributed by atoms with Gasteiger partial charge in [-0.25, -0.2) is 0 Å². The first kappa shape index (κ1) is 13.7. The Labute approximate surface area is 121 Å². The summed E-state index contributed by atoms with van der Waals surface area (Å²) in [6.45, 7) is 7.46. The molecule has 2 aliphatic rings. The Kier molecular flexibility index (Phi) is 4.46. The first-order valence-corrected chi connectivity index (χ1v) is 7.96. The predicted molar refractivity (Wildman–Crippen MR) is 80.6 cm³/mol. The van der Waals surface area contributed by atoms with E-state index in [1.807, 2.05) is 0 Å². The Hall–Kier alpha value is -1.22. The van der Waals surface area contributed by atoms with Crippen LogP contribution >= 0.6 is 0 Å². The molecule has 0 aromatic heterocycles. The molecule has 0 N–H and O–H groups in total. The molecule has 2 aliphatic heterocycles. The second-order valence-electron chi connectivity index (χ2n) is 5.96. The number of rotatable bonds is 5. The van der Waals surface area contributed by atoms with Crippen LogP contribution in [0.15, 0.2) is 18.2 Å². The molecule has 0 bridgehead atoms. The van der Waals surface area contributed by atoms with Crippen LogP contribution < -0.4 is 9.47 Å². The van der Waals surface area contributed by atoms with Crippen molar-refractivity contribution in [1.29, 1.82) is 0 Å².